The van der Waals surface area contributed by atoms with Crippen molar-refractivity contribution >= 4 is 51.7 Å². The Balaban J connectivity index is 1.23. The van der Waals surface area contributed by atoms with Crippen LogP contribution in [0.4, 0.5) is 11.9 Å². The standard InChI is InChI=1S/C42H52N12O6/c1-7-53-32(20-26(4)48-53)39(57)46-41-44-30-18-25(3)19-34(59-6)36(30)51(41)14-9-10-15-52-37-31(45-42(52)47-40(58)33-21-27(5)49-54(33)8-2)22-28(38(43)56)23-35(37)60-17-11-13-50-16-12-29(55)24-50/h9-10,18-23,29,55H,7-8,11-17,24H2,1-6H3,(H2,43,56)(H,44,46,57)(H,45,47,58)/b10-9+. The van der Waals surface area contributed by atoms with Gasteiger partial charge < -0.3 is 34.3 Å². The summed E-state index contributed by atoms with van der Waals surface area (Å²) in [6.45, 7) is 13.5. The molecule has 4 aromatic heterocycles. The van der Waals surface area contributed by atoms with Gasteiger partial charge in [0.05, 0.1) is 42.2 Å². The van der Waals surface area contributed by atoms with Crippen LogP contribution in [0.15, 0.2) is 48.6 Å². The molecule has 1 aliphatic rings. The Morgan fingerprint density at radius 2 is 1.40 bits per heavy atom. The number of fused-ring (bicyclic) bond motifs is 2. The van der Waals surface area contributed by atoms with Gasteiger partial charge in [0.2, 0.25) is 17.8 Å². The summed E-state index contributed by atoms with van der Waals surface area (Å²) in [7, 11) is 1.59. The first-order valence-electron chi connectivity index (χ1n) is 20.2. The number of aryl methyl sites for hydroxylation is 5. The Bertz CT molecular complexity index is 2600. The number of anilines is 2. The molecule has 0 radical (unpaired) electrons. The van der Waals surface area contributed by atoms with Crippen molar-refractivity contribution in [1.82, 2.24) is 43.6 Å². The number of β-amino-alcohol motifs (C(OH)–C–C–N with tert-alkyl or cyclic N) is 1. The largest absolute Gasteiger partial charge is 0.494 e. The molecule has 18 nitrogen and oxygen atoms in total. The highest BCUT2D eigenvalue weighted by Gasteiger charge is 2.24. The van der Waals surface area contributed by atoms with E-state index in [1.165, 1.54) is 0 Å². The van der Waals surface area contributed by atoms with Crippen LogP contribution in [-0.4, -0.2) is 106 Å². The summed E-state index contributed by atoms with van der Waals surface area (Å²) in [6.07, 6.45) is 4.93. The third kappa shape index (κ3) is 8.74. The fourth-order valence-corrected chi connectivity index (χ4v) is 7.66. The minimum Gasteiger partial charge on any atom is -0.494 e. The molecule has 18 heteroatoms. The number of nitrogens with two attached hydrogens (primary N) is 1. The number of aliphatic hydroxyl groups excluding tert-OH is 1. The molecule has 6 aromatic rings. The van der Waals surface area contributed by atoms with Crippen molar-refractivity contribution in [2.24, 2.45) is 5.73 Å². The number of ether oxygens (including phenoxy) is 2. The molecule has 2 aromatic carbocycles. The zero-order valence-corrected chi connectivity index (χ0v) is 34.9. The van der Waals surface area contributed by atoms with Crippen molar-refractivity contribution in [3.05, 3.63) is 82.5 Å². The Morgan fingerprint density at radius 3 is 1.92 bits per heavy atom. The summed E-state index contributed by atoms with van der Waals surface area (Å²) in [5.41, 5.74) is 11.4. The first-order valence-corrected chi connectivity index (χ1v) is 20.2. The van der Waals surface area contributed by atoms with Gasteiger partial charge in [-0.3, -0.25) is 34.4 Å². The molecule has 316 valence electrons. The van der Waals surface area contributed by atoms with E-state index in [0.29, 0.717) is 89.3 Å². The van der Waals surface area contributed by atoms with E-state index in [-0.39, 0.29) is 36.6 Å². The van der Waals surface area contributed by atoms with Gasteiger partial charge in [-0.25, -0.2) is 9.97 Å². The number of imidazole rings is 2. The summed E-state index contributed by atoms with van der Waals surface area (Å²) in [5.74, 6) is 0.124. The number of nitrogens with zero attached hydrogens (tertiary/aromatic N) is 9. The Labute approximate surface area is 346 Å². The van der Waals surface area contributed by atoms with E-state index in [0.717, 1.165) is 30.8 Å². The number of carbonyl (C=O) groups is 3. The fourth-order valence-electron chi connectivity index (χ4n) is 7.66. The second-order valence-corrected chi connectivity index (χ2v) is 14.9. The van der Waals surface area contributed by atoms with Gasteiger partial charge in [-0.05, 0) is 89.4 Å². The predicted molar refractivity (Wildman–Crippen MR) is 227 cm³/mol. The lowest BCUT2D eigenvalue weighted by Gasteiger charge is -2.16. The van der Waals surface area contributed by atoms with Crippen LogP contribution >= 0.6 is 0 Å². The van der Waals surface area contributed by atoms with Gasteiger partial charge in [-0.2, -0.15) is 10.2 Å². The smallest absolute Gasteiger partial charge is 0.276 e. The molecule has 0 bridgehead atoms. The number of primary amides is 1. The summed E-state index contributed by atoms with van der Waals surface area (Å²) < 4.78 is 19.1. The average Bonchev–Trinajstić information content (AvgIpc) is 4.05. The maximum atomic E-state index is 13.8. The molecule has 5 N–H and O–H groups in total. The van der Waals surface area contributed by atoms with Gasteiger partial charge in [0.15, 0.2) is 0 Å². The number of rotatable bonds is 17. The second kappa shape index (κ2) is 17.8. The van der Waals surface area contributed by atoms with Crippen LogP contribution in [0.5, 0.6) is 11.5 Å². The third-order valence-corrected chi connectivity index (χ3v) is 10.4. The van der Waals surface area contributed by atoms with E-state index < -0.39 is 11.8 Å². The highest BCUT2D eigenvalue weighted by Crippen LogP contribution is 2.33. The van der Waals surface area contributed by atoms with Gasteiger partial charge in [-0.1, -0.05) is 12.2 Å². The van der Waals surface area contributed by atoms with Crippen LogP contribution in [0.25, 0.3) is 22.1 Å². The van der Waals surface area contributed by atoms with Crippen molar-refractivity contribution < 1.29 is 29.0 Å². The summed E-state index contributed by atoms with van der Waals surface area (Å²) in [6, 6.07) is 10.5. The van der Waals surface area contributed by atoms with E-state index in [1.807, 2.05) is 68.0 Å². The topological polar surface area (TPSA) is 214 Å². The minimum atomic E-state index is -0.648. The molecule has 1 saturated heterocycles. The van der Waals surface area contributed by atoms with E-state index in [9.17, 15) is 19.5 Å². The van der Waals surface area contributed by atoms with E-state index in [1.54, 1.807) is 40.7 Å². The predicted octanol–water partition coefficient (Wildman–Crippen LogP) is 4.45. The lowest BCUT2D eigenvalue weighted by molar-refractivity contribution is 0.0994. The van der Waals surface area contributed by atoms with Crippen molar-refractivity contribution in [3.8, 4) is 11.5 Å². The van der Waals surface area contributed by atoms with E-state index in [2.05, 4.69) is 25.7 Å². The monoisotopic (exact) mass is 820 g/mol. The van der Waals surface area contributed by atoms with Crippen LogP contribution in [0.2, 0.25) is 0 Å². The average molecular weight is 821 g/mol. The van der Waals surface area contributed by atoms with Crippen LogP contribution in [0.3, 0.4) is 0 Å². The quantitative estimate of drug-likeness (QED) is 0.0745. The first kappa shape index (κ1) is 41.6. The molecule has 1 aliphatic heterocycles. The fraction of sp³-hybridized carbons (Fsp3) is 0.405. The van der Waals surface area contributed by atoms with Gasteiger partial charge in [-0.15, -0.1) is 0 Å². The molecule has 1 unspecified atom stereocenters. The van der Waals surface area contributed by atoms with E-state index >= 15 is 0 Å². The highest BCUT2D eigenvalue weighted by atomic mass is 16.5. The van der Waals surface area contributed by atoms with Crippen molar-refractivity contribution in [2.75, 3.05) is 44.0 Å². The van der Waals surface area contributed by atoms with Crippen molar-refractivity contribution in [2.45, 2.75) is 79.7 Å². The third-order valence-electron chi connectivity index (χ3n) is 10.4. The molecule has 1 atom stereocenters. The van der Waals surface area contributed by atoms with Gasteiger partial charge in [0.25, 0.3) is 11.8 Å². The number of amides is 3. The number of nitrogens with one attached hydrogen (secondary N) is 2. The number of hydrogen-bond acceptors (Lipinski definition) is 11. The summed E-state index contributed by atoms with van der Waals surface area (Å²) in [5, 5.41) is 24.8. The maximum absolute atomic E-state index is 13.8. The number of likely N-dealkylation sites (tertiary alicyclic amines) is 1. The molecular weight excluding hydrogens is 769 g/mol. The molecule has 7 rings (SSSR count). The highest BCUT2D eigenvalue weighted by molar-refractivity contribution is 6.05. The Kier molecular flexibility index (Phi) is 12.3. The number of carbonyl (C=O) groups excluding carboxylic acids is 3. The van der Waals surface area contributed by atoms with Gasteiger partial charge >= 0.3 is 0 Å². The molecule has 60 heavy (non-hydrogen) atoms. The van der Waals surface area contributed by atoms with Gasteiger partial charge in [0, 0.05) is 51.4 Å². The van der Waals surface area contributed by atoms with Crippen molar-refractivity contribution in [1.29, 1.82) is 0 Å². The maximum Gasteiger partial charge on any atom is 0.276 e. The minimum absolute atomic E-state index is 0.209. The number of aromatic nitrogens is 8. The molecule has 3 amide bonds. The van der Waals surface area contributed by atoms with Crippen LogP contribution in [0, 0.1) is 20.8 Å². The molecular formula is C42H52N12O6. The lowest BCUT2D eigenvalue weighted by atomic mass is 10.1. The molecule has 0 saturated carbocycles. The number of allylic oxidation sites excluding steroid dienone is 2. The number of benzene rings is 2. The number of aliphatic hydroxyl groups is 1. The van der Waals surface area contributed by atoms with Crippen LogP contribution in [0.1, 0.15) is 75.0 Å². The molecule has 0 spiro atoms. The summed E-state index contributed by atoms with van der Waals surface area (Å²) in [4.78, 5) is 51.7. The Morgan fingerprint density at radius 1 is 0.833 bits per heavy atom. The zero-order chi connectivity index (χ0) is 42.7. The van der Waals surface area contributed by atoms with Crippen LogP contribution in [-0.2, 0) is 26.2 Å². The second-order valence-electron chi connectivity index (χ2n) is 14.9. The van der Waals surface area contributed by atoms with Crippen molar-refractivity contribution in [3.63, 3.8) is 0 Å². The molecule has 1 fully saturated rings. The number of hydrogen-bond donors (Lipinski definition) is 4. The van der Waals surface area contributed by atoms with Gasteiger partial charge in [0.1, 0.15) is 33.9 Å². The summed E-state index contributed by atoms with van der Waals surface area (Å²) >= 11 is 0. The molecule has 0 aliphatic carbocycles. The zero-order valence-electron chi connectivity index (χ0n) is 34.9. The number of methoxy groups -OCH3 is 1. The normalized spacial score (nSPS) is 14.5. The first-order chi connectivity index (χ1) is 28.9. The lowest BCUT2D eigenvalue weighted by Crippen LogP contribution is -2.24. The van der Waals surface area contributed by atoms with E-state index in [4.69, 9.17) is 25.2 Å². The van der Waals surface area contributed by atoms with Crippen LogP contribution < -0.4 is 25.8 Å². The molecule has 5 heterocycles. The SMILES string of the molecule is CCn1nc(C)cc1C(=O)Nc1nc2cc(C)cc(OC)c2n1C/C=C/Cn1c(NC(=O)c2cc(C)nn2CC)nc2cc(C(N)=O)cc(OCCCN3CCC(O)C3)c21. The Hall–Kier alpha value is -6.53.